The van der Waals surface area contributed by atoms with Crippen LogP contribution in [0.15, 0.2) is 15.4 Å². The van der Waals surface area contributed by atoms with Gasteiger partial charge in [-0.25, -0.2) is 9.97 Å². The van der Waals surface area contributed by atoms with Gasteiger partial charge in [-0.2, -0.15) is 0 Å². The molecule has 2 N–H and O–H groups in total. The summed E-state index contributed by atoms with van der Waals surface area (Å²) >= 11 is 6.54. The van der Waals surface area contributed by atoms with Gasteiger partial charge in [0.15, 0.2) is 5.82 Å². The lowest BCUT2D eigenvalue weighted by molar-refractivity contribution is -0.118. The maximum absolute atomic E-state index is 12.3. The summed E-state index contributed by atoms with van der Waals surface area (Å²) in [5, 5.41) is 6.21. The third-order valence-electron chi connectivity index (χ3n) is 4.05. The maximum atomic E-state index is 12.3. The van der Waals surface area contributed by atoms with E-state index in [0.29, 0.717) is 15.0 Å². The van der Waals surface area contributed by atoms with Gasteiger partial charge >= 0.3 is 0 Å². The van der Waals surface area contributed by atoms with E-state index in [1.807, 2.05) is 0 Å². The van der Waals surface area contributed by atoms with E-state index in [-0.39, 0.29) is 17.2 Å². The normalized spacial score (nSPS) is 24.2. The number of carbonyl (C=O) groups is 1. The third kappa shape index (κ3) is 2.68. The molecule has 1 aliphatic heterocycles. The predicted octanol–water partition coefficient (Wildman–Crippen LogP) is 2.33. The van der Waals surface area contributed by atoms with Gasteiger partial charge in [0.05, 0.1) is 6.20 Å². The van der Waals surface area contributed by atoms with E-state index >= 15 is 0 Å². The van der Waals surface area contributed by atoms with E-state index in [4.69, 9.17) is 0 Å². The van der Waals surface area contributed by atoms with Gasteiger partial charge in [0, 0.05) is 5.92 Å². The zero-order chi connectivity index (χ0) is 13.5. The number of hydrogen-bond acceptors (Lipinski definition) is 4. The summed E-state index contributed by atoms with van der Waals surface area (Å²) in [5.41, 5.74) is 0.241. The van der Waals surface area contributed by atoms with Crippen molar-refractivity contribution < 1.29 is 4.79 Å². The van der Waals surface area contributed by atoms with Crippen molar-refractivity contribution >= 4 is 43.6 Å². The van der Waals surface area contributed by atoms with Gasteiger partial charge < -0.3 is 10.6 Å². The topological polar surface area (TPSA) is 66.9 Å². The second-order valence-electron chi connectivity index (χ2n) is 5.19. The van der Waals surface area contributed by atoms with Crippen molar-refractivity contribution in [2.45, 2.75) is 19.3 Å². The molecule has 7 heteroatoms. The van der Waals surface area contributed by atoms with Crippen LogP contribution in [0.3, 0.4) is 0 Å². The Labute approximate surface area is 128 Å². The van der Waals surface area contributed by atoms with E-state index in [0.717, 1.165) is 32.4 Å². The van der Waals surface area contributed by atoms with Gasteiger partial charge in [0.1, 0.15) is 9.21 Å². The second-order valence-corrected chi connectivity index (χ2v) is 6.75. The molecule has 102 valence electrons. The number of rotatable bonds is 2. The molecule has 3 rings (SSSR count). The Hall–Kier alpha value is -0.530. The number of hydrogen-bond donors (Lipinski definition) is 2. The summed E-state index contributed by atoms with van der Waals surface area (Å²) in [6.07, 6.45) is 4.77. The number of amides is 1. The number of carbonyl (C=O) groups excluding carboxylic acids is 1. The zero-order valence-electron chi connectivity index (χ0n) is 10.2. The van der Waals surface area contributed by atoms with Crippen LogP contribution in [-0.2, 0) is 4.79 Å². The van der Waals surface area contributed by atoms with E-state index in [9.17, 15) is 4.79 Å². The molecule has 1 saturated carbocycles. The Balaban J connectivity index is 1.66. The molecule has 2 heterocycles. The lowest BCUT2D eigenvalue weighted by Crippen LogP contribution is -2.31. The Morgan fingerprint density at radius 2 is 2.16 bits per heavy atom. The molecule has 1 amide bonds. The lowest BCUT2D eigenvalue weighted by atomic mass is 9.92. The monoisotopic (exact) mass is 388 g/mol. The van der Waals surface area contributed by atoms with Gasteiger partial charge in [0.25, 0.3) is 0 Å². The maximum Gasteiger partial charge on any atom is 0.229 e. The molecular weight excluding hydrogens is 376 g/mol. The van der Waals surface area contributed by atoms with Crippen molar-refractivity contribution in [1.82, 2.24) is 15.3 Å². The molecule has 0 radical (unpaired) electrons. The fraction of sp³-hybridized carbons (Fsp3) is 0.583. The zero-order valence-corrected chi connectivity index (χ0v) is 13.4. The first kappa shape index (κ1) is 13.5. The van der Waals surface area contributed by atoms with Gasteiger partial charge in [-0.05, 0) is 69.6 Å². The number of nitrogens with zero attached hydrogens (tertiary/aromatic N) is 2. The van der Waals surface area contributed by atoms with Gasteiger partial charge in [-0.3, -0.25) is 4.79 Å². The summed E-state index contributed by atoms with van der Waals surface area (Å²) in [6, 6.07) is 0. The first-order valence-corrected chi connectivity index (χ1v) is 7.89. The molecule has 1 aromatic rings. The molecule has 0 bridgehead atoms. The third-order valence-corrected chi connectivity index (χ3v) is 4.98. The molecule has 5 nitrogen and oxygen atoms in total. The van der Waals surface area contributed by atoms with Crippen LogP contribution in [0, 0.1) is 11.3 Å². The molecule has 1 spiro atoms. The van der Waals surface area contributed by atoms with Gasteiger partial charge in [-0.15, -0.1) is 0 Å². The summed E-state index contributed by atoms with van der Waals surface area (Å²) in [7, 11) is 0. The van der Waals surface area contributed by atoms with Crippen LogP contribution in [0.4, 0.5) is 5.82 Å². The summed E-state index contributed by atoms with van der Waals surface area (Å²) < 4.78 is 1.19. The SMILES string of the molecule is O=C(Nc1ncc(Br)nc1Br)C1CC12CCNCC2. The molecular formula is C12H14Br2N4O. The standard InChI is InChI=1S/C12H14Br2N4O/c13-8-6-16-10(9(14)17-8)18-11(19)7-5-12(7)1-3-15-4-2-12/h6-7,15H,1-5H2,(H,16,18,19). The predicted molar refractivity (Wildman–Crippen MR) is 78.7 cm³/mol. The van der Waals surface area contributed by atoms with Crippen LogP contribution < -0.4 is 10.6 Å². The molecule has 1 saturated heterocycles. The number of halogens is 2. The highest BCUT2D eigenvalue weighted by Gasteiger charge is 2.57. The highest BCUT2D eigenvalue weighted by molar-refractivity contribution is 9.11. The minimum atomic E-state index is 0.0687. The van der Waals surface area contributed by atoms with Crippen molar-refractivity contribution in [3.8, 4) is 0 Å². The van der Waals surface area contributed by atoms with E-state index < -0.39 is 0 Å². The number of piperidine rings is 1. The number of anilines is 1. The largest absolute Gasteiger partial charge is 0.317 e. The van der Waals surface area contributed by atoms with Crippen LogP contribution in [0.25, 0.3) is 0 Å². The molecule has 1 aliphatic carbocycles. The molecule has 1 aromatic heterocycles. The van der Waals surface area contributed by atoms with Gasteiger partial charge in [0.2, 0.25) is 5.91 Å². The van der Waals surface area contributed by atoms with Gasteiger partial charge in [-0.1, -0.05) is 0 Å². The van der Waals surface area contributed by atoms with E-state index in [1.165, 1.54) is 0 Å². The molecule has 0 aromatic carbocycles. The number of aromatic nitrogens is 2. The lowest BCUT2D eigenvalue weighted by Gasteiger charge is -2.23. The summed E-state index contributed by atoms with van der Waals surface area (Å²) in [4.78, 5) is 20.6. The summed E-state index contributed by atoms with van der Waals surface area (Å²) in [5.74, 6) is 0.690. The van der Waals surface area contributed by atoms with E-state index in [1.54, 1.807) is 6.20 Å². The van der Waals surface area contributed by atoms with Crippen molar-refractivity contribution in [2.75, 3.05) is 18.4 Å². The van der Waals surface area contributed by atoms with Crippen molar-refractivity contribution in [2.24, 2.45) is 11.3 Å². The van der Waals surface area contributed by atoms with Crippen LogP contribution in [0.2, 0.25) is 0 Å². The van der Waals surface area contributed by atoms with Crippen molar-refractivity contribution in [1.29, 1.82) is 0 Å². The van der Waals surface area contributed by atoms with Crippen LogP contribution in [-0.4, -0.2) is 29.0 Å². The highest BCUT2D eigenvalue weighted by Crippen LogP contribution is 2.58. The molecule has 1 unspecified atom stereocenters. The summed E-state index contributed by atoms with van der Waals surface area (Å²) in [6.45, 7) is 2.04. The second kappa shape index (κ2) is 5.10. The minimum absolute atomic E-state index is 0.0687. The average molecular weight is 390 g/mol. The quantitative estimate of drug-likeness (QED) is 0.814. The van der Waals surface area contributed by atoms with Crippen LogP contribution in [0.1, 0.15) is 19.3 Å². The first-order chi connectivity index (χ1) is 9.11. The van der Waals surface area contributed by atoms with E-state index in [2.05, 4.69) is 52.5 Å². The first-order valence-electron chi connectivity index (χ1n) is 6.30. The van der Waals surface area contributed by atoms with Crippen molar-refractivity contribution in [3.63, 3.8) is 0 Å². The Kier molecular flexibility index (Phi) is 3.61. The van der Waals surface area contributed by atoms with Crippen LogP contribution in [0.5, 0.6) is 0 Å². The van der Waals surface area contributed by atoms with Crippen molar-refractivity contribution in [3.05, 3.63) is 15.4 Å². The molecule has 1 atom stereocenters. The Morgan fingerprint density at radius 1 is 1.42 bits per heavy atom. The highest BCUT2D eigenvalue weighted by atomic mass is 79.9. The Bertz CT molecular complexity index is 516. The molecule has 2 fully saturated rings. The fourth-order valence-electron chi connectivity index (χ4n) is 2.83. The molecule has 2 aliphatic rings. The Morgan fingerprint density at radius 3 is 2.84 bits per heavy atom. The minimum Gasteiger partial charge on any atom is -0.317 e. The smallest absolute Gasteiger partial charge is 0.229 e. The number of nitrogens with one attached hydrogen (secondary N) is 2. The molecule has 19 heavy (non-hydrogen) atoms. The fourth-order valence-corrected chi connectivity index (χ4v) is 3.74. The van der Waals surface area contributed by atoms with Crippen LogP contribution >= 0.6 is 31.9 Å². The average Bonchev–Trinajstić information content (AvgIpc) is 3.07.